The van der Waals surface area contributed by atoms with Crippen molar-refractivity contribution in [3.8, 4) is 0 Å². The van der Waals surface area contributed by atoms with Crippen molar-refractivity contribution in [2.45, 2.75) is 6.92 Å². The van der Waals surface area contributed by atoms with Gasteiger partial charge in [-0.1, -0.05) is 18.2 Å². The van der Waals surface area contributed by atoms with Gasteiger partial charge in [0, 0.05) is 11.6 Å². The summed E-state index contributed by atoms with van der Waals surface area (Å²) in [6, 6.07) is 18.5. The van der Waals surface area contributed by atoms with E-state index < -0.39 is 5.97 Å². The van der Waals surface area contributed by atoms with Crippen LogP contribution in [0.25, 0.3) is 16.2 Å². The molecule has 0 radical (unpaired) electrons. The normalized spacial score (nSPS) is 15.7. The van der Waals surface area contributed by atoms with E-state index in [9.17, 15) is 4.79 Å². The molecule has 4 rings (SSSR count). The fraction of sp³-hybridized carbons (Fsp3) is 0.0500. The summed E-state index contributed by atoms with van der Waals surface area (Å²) in [5, 5.41) is 14.1. The summed E-state index contributed by atoms with van der Waals surface area (Å²) in [5.74, 6) is -0.938. The first-order chi connectivity index (χ1) is 13.0. The van der Waals surface area contributed by atoms with Gasteiger partial charge in [0.05, 0.1) is 4.91 Å². The van der Waals surface area contributed by atoms with Gasteiger partial charge in [-0.15, -0.1) is 23.5 Å². The van der Waals surface area contributed by atoms with Crippen LogP contribution in [-0.4, -0.2) is 22.2 Å². The fourth-order valence-electron chi connectivity index (χ4n) is 2.30. The van der Waals surface area contributed by atoms with E-state index in [-0.39, 0.29) is 35.5 Å². The van der Waals surface area contributed by atoms with Gasteiger partial charge in [0.1, 0.15) is 0 Å². The largest absolute Gasteiger partial charge is 1.00 e. The first kappa shape index (κ1) is 22.4. The third-order valence-electron chi connectivity index (χ3n) is 3.38. The molecule has 3 aromatic rings. The molecule has 0 aliphatic carbocycles. The number of carbonyl (C=O) groups is 2. The number of rotatable bonds is 2. The standard InChI is InChI=1S/C18H11N2OS2.C2H4O2.Na/c21-17-16(10-12-11-22-15-9-5-4-8-14(12)15)23-18(20-17)19-13-6-2-1-3-7-13;1-2(3)4;/h2-11H,(H,19,20,21);1H3,(H,3,4);/q-1;;+1/b16-10+;;. The summed E-state index contributed by atoms with van der Waals surface area (Å²) in [6.45, 7) is 1.08. The van der Waals surface area contributed by atoms with Crippen LogP contribution in [0.4, 0.5) is 5.69 Å². The molecule has 1 amide bonds. The maximum atomic E-state index is 12.2. The van der Waals surface area contributed by atoms with Crippen molar-refractivity contribution in [2.24, 2.45) is 4.99 Å². The van der Waals surface area contributed by atoms with Gasteiger partial charge in [-0.05, 0) is 45.9 Å². The second-order valence-electron chi connectivity index (χ2n) is 5.45. The Morgan fingerprint density at radius 3 is 2.61 bits per heavy atom. The molecule has 2 aromatic carbocycles. The fourth-order valence-corrected chi connectivity index (χ4v) is 4.05. The number of carboxylic acid groups (broad SMARTS) is 1. The molecule has 5 nitrogen and oxygen atoms in total. The predicted octanol–water partition coefficient (Wildman–Crippen LogP) is 1.69. The van der Waals surface area contributed by atoms with Gasteiger partial charge in [0.15, 0.2) is 5.17 Å². The van der Waals surface area contributed by atoms with Crippen molar-refractivity contribution in [2.75, 3.05) is 0 Å². The molecule has 28 heavy (non-hydrogen) atoms. The van der Waals surface area contributed by atoms with Gasteiger partial charge in [-0.2, -0.15) is 18.2 Å². The van der Waals surface area contributed by atoms with Crippen molar-refractivity contribution >= 4 is 62.0 Å². The van der Waals surface area contributed by atoms with Crippen molar-refractivity contribution < 1.29 is 44.3 Å². The van der Waals surface area contributed by atoms with Gasteiger partial charge in [0.2, 0.25) is 0 Å². The zero-order valence-electron chi connectivity index (χ0n) is 15.3. The van der Waals surface area contributed by atoms with Gasteiger partial charge >= 0.3 is 29.6 Å². The van der Waals surface area contributed by atoms with E-state index in [0.717, 1.165) is 18.2 Å². The minimum absolute atomic E-state index is 0. The predicted molar refractivity (Wildman–Crippen MR) is 111 cm³/mol. The van der Waals surface area contributed by atoms with Gasteiger partial charge in [0.25, 0.3) is 11.9 Å². The molecule has 0 atom stereocenters. The first-order valence-electron chi connectivity index (χ1n) is 7.94. The Labute approximate surface area is 192 Å². The maximum Gasteiger partial charge on any atom is 1.00 e. The van der Waals surface area contributed by atoms with Crippen LogP contribution in [0, 0.1) is 6.07 Å². The third kappa shape index (κ3) is 6.05. The Kier molecular flexibility index (Phi) is 8.47. The number of hydrogen-bond donors (Lipinski definition) is 2. The van der Waals surface area contributed by atoms with Crippen LogP contribution >= 0.6 is 23.1 Å². The Morgan fingerprint density at radius 1 is 1.21 bits per heavy atom. The minimum Gasteiger partial charge on any atom is -0.481 e. The van der Waals surface area contributed by atoms with Crippen LogP contribution in [0.5, 0.6) is 0 Å². The van der Waals surface area contributed by atoms with Crippen LogP contribution in [-0.2, 0) is 9.59 Å². The molecule has 1 aromatic heterocycles. The van der Waals surface area contributed by atoms with Crippen molar-refractivity contribution in [3.05, 3.63) is 70.4 Å². The number of aliphatic imine (C=N–C) groups is 1. The average Bonchev–Trinajstić information content (AvgIpc) is 3.20. The van der Waals surface area contributed by atoms with E-state index in [1.54, 1.807) is 23.5 Å². The molecule has 8 heteroatoms. The van der Waals surface area contributed by atoms with E-state index in [2.05, 4.69) is 33.9 Å². The van der Waals surface area contributed by atoms with Crippen LogP contribution in [0.2, 0.25) is 0 Å². The molecule has 2 heterocycles. The number of carbonyl (C=O) groups excluding carboxylic acids is 1. The summed E-state index contributed by atoms with van der Waals surface area (Å²) in [4.78, 5) is 26.3. The first-order valence-corrected chi connectivity index (χ1v) is 9.64. The van der Waals surface area contributed by atoms with Gasteiger partial charge in [-0.3, -0.25) is 14.6 Å². The van der Waals surface area contributed by atoms with Crippen molar-refractivity contribution in [1.29, 1.82) is 0 Å². The smallest absolute Gasteiger partial charge is 0.481 e. The molecule has 1 aliphatic rings. The number of aliphatic carboxylic acids is 1. The molecule has 136 valence electrons. The second kappa shape index (κ2) is 10.6. The van der Waals surface area contributed by atoms with E-state index in [0.29, 0.717) is 10.1 Å². The SMILES string of the molecule is CC(=O)O.O=C1NC(=Nc2cc[c-]cc2)S/C1=C/c1csc2ccccc12.[Na+]. The Balaban J connectivity index is 0.000000515. The summed E-state index contributed by atoms with van der Waals surface area (Å²) in [5.41, 5.74) is 1.87. The molecule has 0 unspecified atom stereocenters. The molecule has 1 aliphatic heterocycles. The monoisotopic (exact) mass is 418 g/mol. The minimum atomic E-state index is -0.833. The number of nitrogens with one attached hydrogen (secondary N) is 1. The van der Waals surface area contributed by atoms with Crippen LogP contribution in [0.1, 0.15) is 12.5 Å². The molecule has 0 spiro atoms. The number of nitrogens with zero attached hydrogens (tertiary/aromatic N) is 1. The van der Waals surface area contributed by atoms with Crippen LogP contribution in [0.3, 0.4) is 0 Å². The molecule has 1 saturated heterocycles. The summed E-state index contributed by atoms with van der Waals surface area (Å²) in [7, 11) is 0. The average molecular weight is 418 g/mol. The number of carboxylic acids is 1. The topological polar surface area (TPSA) is 78.8 Å². The number of thioether (sulfide) groups is 1. The molecule has 0 saturated carbocycles. The van der Waals surface area contributed by atoms with E-state index in [4.69, 9.17) is 9.90 Å². The molecule has 2 N–H and O–H groups in total. The quantitative estimate of drug-likeness (QED) is 0.377. The van der Waals surface area contributed by atoms with Crippen molar-refractivity contribution in [3.63, 3.8) is 0 Å². The number of fused-ring (bicyclic) bond motifs is 1. The zero-order valence-corrected chi connectivity index (χ0v) is 18.9. The maximum absolute atomic E-state index is 12.2. The van der Waals surface area contributed by atoms with E-state index in [1.807, 2.05) is 30.3 Å². The summed E-state index contributed by atoms with van der Waals surface area (Å²) in [6.07, 6.45) is 1.93. The Morgan fingerprint density at radius 2 is 1.89 bits per heavy atom. The molecule has 1 fully saturated rings. The number of amides is 1. The number of amidine groups is 1. The van der Waals surface area contributed by atoms with Gasteiger partial charge < -0.3 is 10.4 Å². The van der Waals surface area contributed by atoms with E-state index in [1.165, 1.54) is 21.8 Å². The number of thiophene rings is 1. The molecular weight excluding hydrogens is 403 g/mol. The number of hydrogen-bond acceptors (Lipinski definition) is 5. The molecule has 0 bridgehead atoms. The van der Waals surface area contributed by atoms with Crippen LogP contribution in [0.15, 0.2) is 63.8 Å². The van der Waals surface area contributed by atoms with E-state index >= 15 is 0 Å². The third-order valence-corrected chi connectivity index (χ3v) is 5.27. The Hall–Kier alpha value is -1.90. The van der Waals surface area contributed by atoms with Crippen molar-refractivity contribution in [1.82, 2.24) is 5.32 Å². The van der Waals surface area contributed by atoms with Gasteiger partial charge in [-0.25, -0.2) is 0 Å². The van der Waals surface area contributed by atoms with Crippen LogP contribution < -0.4 is 34.9 Å². The summed E-state index contributed by atoms with van der Waals surface area (Å²) >= 11 is 3.05. The number of benzene rings is 2. The second-order valence-corrected chi connectivity index (χ2v) is 7.39. The Bertz CT molecular complexity index is 1040. The molecular formula is C20H15N2NaO3S2. The zero-order chi connectivity index (χ0) is 19.2. The summed E-state index contributed by atoms with van der Waals surface area (Å²) < 4.78 is 1.22.